The van der Waals surface area contributed by atoms with E-state index in [0.717, 1.165) is 51.6 Å². The number of benzene rings is 1. The van der Waals surface area contributed by atoms with Gasteiger partial charge in [-0.25, -0.2) is 13.1 Å². The molecule has 1 saturated heterocycles. The molecule has 6 heteroatoms. The molecule has 1 aliphatic carbocycles. The fraction of sp³-hybridized carbons (Fsp3) is 0.632. The van der Waals surface area contributed by atoms with Crippen LogP contribution in [0.2, 0.25) is 0 Å². The van der Waals surface area contributed by atoms with Crippen LogP contribution < -0.4 is 4.72 Å². The summed E-state index contributed by atoms with van der Waals surface area (Å²) in [5.74, 6) is 0.665. The van der Waals surface area contributed by atoms with Gasteiger partial charge in [0.1, 0.15) is 0 Å². The van der Waals surface area contributed by atoms with Crippen LogP contribution in [0.5, 0.6) is 0 Å². The van der Waals surface area contributed by atoms with Crippen molar-refractivity contribution in [2.45, 2.75) is 62.8 Å². The van der Waals surface area contributed by atoms with Gasteiger partial charge in [0.15, 0.2) is 0 Å². The SMILES string of the molecule is CC1CCN(C(=O)c2ccc(S(=O)(=O)NC3CCCCC3)cc2)CC1. The van der Waals surface area contributed by atoms with Crippen molar-refractivity contribution >= 4 is 15.9 Å². The minimum absolute atomic E-state index is 0.00362. The Morgan fingerprint density at radius 2 is 1.60 bits per heavy atom. The molecule has 0 atom stereocenters. The number of likely N-dealkylation sites (tertiary alicyclic amines) is 1. The lowest BCUT2D eigenvalue weighted by atomic mass is 9.96. The Morgan fingerprint density at radius 1 is 1.00 bits per heavy atom. The molecule has 0 bridgehead atoms. The lowest BCUT2D eigenvalue weighted by Gasteiger charge is -2.30. The summed E-state index contributed by atoms with van der Waals surface area (Å²) in [5.41, 5.74) is 0.561. The third-order valence-electron chi connectivity index (χ3n) is 5.41. The molecular formula is C19H28N2O3S. The zero-order valence-electron chi connectivity index (χ0n) is 14.9. The van der Waals surface area contributed by atoms with Crippen LogP contribution in [-0.2, 0) is 10.0 Å². The normalized spacial score (nSPS) is 20.6. The van der Waals surface area contributed by atoms with E-state index in [0.29, 0.717) is 11.5 Å². The van der Waals surface area contributed by atoms with Gasteiger partial charge in [-0.15, -0.1) is 0 Å². The number of hydrogen-bond donors (Lipinski definition) is 1. The molecule has 5 nitrogen and oxygen atoms in total. The quantitative estimate of drug-likeness (QED) is 0.892. The summed E-state index contributed by atoms with van der Waals surface area (Å²) in [6.07, 6.45) is 7.22. The minimum Gasteiger partial charge on any atom is -0.339 e. The molecule has 0 spiro atoms. The molecule has 0 aromatic heterocycles. The molecule has 1 N–H and O–H groups in total. The Hall–Kier alpha value is -1.40. The van der Waals surface area contributed by atoms with Crippen LogP contribution in [0.15, 0.2) is 29.2 Å². The summed E-state index contributed by atoms with van der Waals surface area (Å²) in [6, 6.07) is 6.40. The first-order valence-electron chi connectivity index (χ1n) is 9.37. The highest BCUT2D eigenvalue weighted by Crippen LogP contribution is 2.21. The van der Waals surface area contributed by atoms with E-state index in [1.807, 2.05) is 4.90 Å². The molecule has 0 unspecified atom stereocenters. The molecule has 138 valence electrons. The second-order valence-corrected chi connectivity index (χ2v) is 9.17. The van der Waals surface area contributed by atoms with E-state index in [-0.39, 0.29) is 16.8 Å². The maximum Gasteiger partial charge on any atom is 0.253 e. The van der Waals surface area contributed by atoms with Crippen molar-refractivity contribution in [3.8, 4) is 0 Å². The number of rotatable bonds is 4. The summed E-state index contributed by atoms with van der Waals surface area (Å²) >= 11 is 0. The average Bonchev–Trinajstić information content (AvgIpc) is 2.62. The molecule has 1 amide bonds. The van der Waals surface area contributed by atoms with Crippen LogP contribution in [0.25, 0.3) is 0 Å². The van der Waals surface area contributed by atoms with Crippen LogP contribution in [0, 0.1) is 5.92 Å². The summed E-state index contributed by atoms with van der Waals surface area (Å²) in [7, 11) is -3.51. The second-order valence-electron chi connectivity index (χ2n) is 7.46. The number of amides is 1. The van der Waals surface area contributed by atoms with E-state index in [2.05, 4.69) is 11.6 Å². The molecule has 1 aromatic rings. The number of sulfonamides is 1. The standard InChI is InChI=1S/C19H28N2O3S/c1-15-11-13-21(14-12-15)19(22)16-7-9-18(10-8-16)25(23,24)20-17-5-3-2-4-6-17/h7-10,15,17,20H,2-6,11-14H2,1H3. The fourth-order valence-electron chi connectivity index (χ4n) is 3.68. The second kappa shape index (κ2) is 7.87. The third-order valence-corrected chi connectivity index (χ3v) is 6.95. The Morgan fingerprint density at radius 3 is 2.20 bits per heavy atom. The molecule has 25 heavy (non-hydrogen) atoms. The molecule has 1 saturated carbocycles. The van der Waals surface area contributed by atoms with Crippen molar-refractivity contribution in [3.63, 3.8) is 0 Å². The van der Waals surface area contributed by atoms with Gasteiger partial charge in [0.05, 0.1) is 4.90 Å². The molecule has 0 radical (unpaired) electrons. The summed E-state index contributed by atoms with van der Waals surface area (Å²) in [5, 5.41) is 0. The van der Waals surface area contributed by atoms with Crippen molar-refractivity contribution in [1.29, 1.82) is 0 Å². The predicted molar refractivity (Wildman–Crippen MR) is 97.9 cm³/mol. The minimum atomic E-state index is -3.51. The van der Waals surface area contributed by atoms with Crippen LogP contribution in [0.1, 0.15) is 62.2 Å². The van der Waals surface area contributed by atoms with Crippen molar-refractivity contribution in [1.82, 2.24) is 9.62 Å². The highest BCUT2D eigenvalue weighted by Gasteiger charge is 2.24. The van der Waals surface area contributed by atoms with Gasteiger partial charge in [0, 0.05) is 24.7 Å². The first-order valence-corrected chi connectivity index (χ1v) is 10.9. The molecule has 1 aromatic carbocycles. The van der Waals surface area contributed by atoms with Gasteiger partial charge in [-0.05, 0) is 55.9 Å². The van der Waals surface area contributed by atoms with Gasteiger partial charge in [-0.2, -0.15) is 0 Å². The molecular weight excluding hydrogens is 336 g/mol. The Balaban J connectivity index is 1.65. The third kappa shape index (κ3) is 4.61. The van der Waals surface area contributed by atoms with Crippen LogP contribution >= 0.6 is 0 Å². The first kappa shape index (κ1) is 18.4. The Labute approximate surface area is 150 Å². The van der Waals surface area contributed by atoms with Gasteiger partial charge in [-0.3, -0.25) is 4.79 Å². The summed E-state index contributed by atoms with van der Waals surface area (Å²) in [4.78, 5) is 14.6. The van der Waals surface area contributed by atoms with E-state index >= 15 is 0 Å². The number of nitrogens with one attached hydrogen (secondary N) is 1. The number of carbonyl (C=O) groups is 1. The number of carbonyl (C=O) groups excluding carboxylic acids is 1. The van der Waals surface area contributed by atoms with Crippen LogP contribution in [0.3, 0.4) is 0 Å². The zero-order valence-corrected chi connectivity index (χ0v) is 15.7. The lowest BCUT2D eigenvalue weighted by Crippen LogP contribution is -2.38. The van der Waals surface area contributed by atoms with Crippen LogP contribution in [0.4, 0.5) is 0 Å². The number of nitrogens with zero attached hydrogens (tertiary/aromatic N) is 1. The molecule has 1 heterocycles. The maximum absolute atomic E-state index is 12.5. The van der Waals surface area contributed by atoms with E-state index in [1.165, 1.54) is 6.42 Å². The summed E-state index contributed by atoms with van der Waals surface area (Å²) in [6.45, 7) is 3.77. The Kier molecular flexibility index (Phi) is 5.79. The Bertz CT molecular complexity index is 686. The average molecular weight is 365 g/mol. The van der Waals surface area contributed by atoms with E-state index < -0.39 is 10.0 Å². The van der Waals surface area contributed by atoms with Gasteiger partial charge >= 0.3 is 0 Å². The maximum atomic E-state index is 12.5. The number of piperidine rings is 1. The molecule has 2 aliphatic rings. The zero-order chi connectivity index (χ0) is 17.9. The highest BCUT2D eigenvalue weighted by atomic mass is 32.2. The van der Waals surface area contributed by atoms with Gasteiger partial charge in [0.2, 0.25) is 10.0 Å². The largest absolute Gasteiger partial charge is 0.339 e. The van der Waals surface area contributed by atoms with Crippen molar-refractivity contribution < 1.29 is 13.2 Å². The smallest absolute Gasteiger partial charge is 0.253 e. The number of hydrogen-bond acceptors (Lipinski definition) is 3. The highest BCUT2D eigenvalue weighted by molar-refractivity contribution is 7.89. The molecule has 1 aliphatic heterocycles. The predicted octanol–water partition coefficient (Wildman–Crippen LogP) is 3.17. The summed E-state index contributed by atoms with van der Waals surface area (Å²) < 4.78 is 27.8. The monoisotopic (exact) mass is 364 g/mol. The molecule has 2 fully saturated rings. The van der Waals surface area contributed by atoms with Crippen molar-refractivity contribution in [2.75, 3.05) is 13.1 Å². The van der Waals surface area contributed by atoms with E-state index in [9.17, 15) is 13.2 Å². The van der Waals surface area contributed by atoms with Gasteiger partial charge in [-0.1, -0.05) is 26.2 Å². The van der Waals surface area contributed by atoms with E-state index in [1.54, 1.807) is 24.3 Å². The van der Waals surface area contributed by atoms with Crippen molar-refractivity contribution in [2.24, 2.45) is 5.92 Å². The van der Waals surface area contributed by atoms with E-state index in [4.69, 9.17) is 0 Å². The topological polar surface area (TPSA) is 66.5 Å². The van der Waals surface area contributed by atoms with Crippen LogP contribution in [-0.4, -0.2) is 38.4 Å². The lowest BCUT2D eigenvalue weighted by molar-refractivity contribution is 0.0697. The van der Waals surface area contributed by atoms with Gasteiger partial charge < -0.3 is 4.90 Å². The van der Waals surface area contributed by atoms with Crippen molar-refractivity contribution in [3.05, 3.63) is 29.8 Å². The fourth-order valence-corrected chi connectivity index (χ4v) is 4.98. The molecule has 3 rings (SSSR count). The first-order chi connectivity index (χ1) is 12.0. The van der Waals surface area contributed by atoms with Gasteiger partial charge in [0.25, 0.3) is 5.91 Å².